The summed E-state index contributed by atoms with van der Waals surface area (Å²) in [6, 6.07) is 7.61. The molecule has 2 N–H and O–H groups in total. The Bertz CT molecular complexity index is 437. The maximum atomic E-state index is 6.36. The average molecular weight is 257 g/mol. The van der Waals surface area contributed by atoms with Crippen molar-refractivity contribution in [3.63, 3.8) is 0 Å². The molecule has 3 rings (SSSR count). The highest BCUT2D eigenvalue weighted by Crippen LogP contribution is 2.33. The van der Waals surface area contributed by atoms with Crippen LogP contribution in [0.1, 0.15) is 55.7 Å². The lowest BCUT2D eigenvalue weighted by atomic mass is 9.75. The molecule has 3 unspecified atom stereocenters. The summed E-state index contributed by atoms with van der Waals surface area (Å²) in [5, 5.41) is 0. The van der Waals surface area contributed by atoms with Crippen molar-refractivity contribution in [1.82, 2.24) is 0 Å². The van der Waals surface area contributed by atoms with Gasteiger partial charge in [-0.1, -0.05) is 31.5 Å². The Labute approximate surface area is 117 Å². The van der Waals surface area contributed by atoms with Crippen molar-refractivity contribution >= 4 is 0 Å². The van der Waals surface area contributed by atoms with Crippen molar-refractivity contribution in [1.29, 1.82) is 0 Å². The number of hydrogen-bond acceptors (Lipinski definition) is 1. The Balaban J connectivity index is 1.69. The molecule has 1 nitrogen and oxygen atoms in total. The monoisotopic (exact) mass is 257 g/mol. The topological polar surface area (TPSA) is 26.0 Å². The largest absolute Gasteiger partial charge is 0.327 e. The van der Waals surface area contributed by atoms with E-state index in [-0.39, 0.29) is 0 Å². The van der Waals surface area contributed by atoms with Crippen molar-refractivity contribution < 1.29 is 0 Å². The summed E-state index contributed by atoms with van der Waals surface area (Å²) < 4.78 is 0. The lowest BCUT2D eigenvalue weighted by Crippen LogP contribution is -2.37. The van der Waals surface area contributed by atoms with Gasteiger partial charge in [0.25, 0.3) is 0 Å². The van der Waals surface area contributed by atoms with Crippen LogP contribution < -0.4 is 5.73 Å². The summed E-state index contributed by atoms with van der Waals surface area (Å²) in [6.45, 7) is 2.33. The van der Waals surface area contributed by atoms with Crippen LogP contribution in [0.3, 0.4) is 0 Å². The molecular formula is C18H27N. The summed E-state index contributed by atoms with van der Waals surface area (Å²) >= 11 is 0. The van der Waals surface area contributed by atoms with Gasteiger partial charge in [0.05, 0.1) is 0 Å². The molecule has 104 valence electrons. The molecule has 1 saturated carbocycles. The van der Waals surface area contributed by atoms with Gasteiger partial charge in [0, 0.05) is 6.04 Å². The second kappa shape index (κ2) is 5.66. The predicted molar refractivity (Wildman–Crippen MR) is 81.3 cm³/mol. The molecule has 0 aliphatic heterocycles. The van der Waals surface area contributed by atoms with Crippen molar-refractivity contribution in [2.45, 2.75) is 64.3 Å². The minimum absolute atomic E-state index is 0.427. The fourth-order valence-electron chi connectivity index (χ4n) is 4.05. The summed E-state index contributed by atoms with van der Waals surface area (Å²) in [7, 11) is 0. The van der Waals surface area contributed by atoms with Gasteiger partial charge >= 0.3 is 0 Å². The van der Waals surface area contributed by atoms with Crippen LogP contribution in [0.15, 0.2) is 18.2 Å². The molecular weight excluding hydrogens is 230 g/mol. The number of nitrogens with two attached hydrogens (primary N) is 1. The van der Waals surface area contributed by atoms with E-state index >= 15 is 0 Å². The fraction of sp³-hybridized carbons (Fsp3) is 0.667. The Morgan fingerprint density at radius 2 is 2.00 bits per heavy atom. The van der Waals surface area contributed by atoms with E-state index in [9.17, 15) is 0 Å². The second-order valence-electron chi connectivity index (χ2n) is 6.67. The zero-order valence-corrected chi connectivity index (χ0v) is 12.2. The molecule has 0 bridgehead atoms. The van der Waals surface area contributed by atoms with Crippen molar-refractivity contribution in [2.24, 2.45) is 17.6 Å². The molecule has 0 radical (unpaired) electrons. The Hall–Kier alpha value is -0.820. The molecule has 1 fully saturated rings. The van der Waals surface area contributed by atoms with E-state index < -0.39 is 0 Å². The predicted octanol–water partition coefficient (Wildman–Crippen LogP) is 3.87. The van der Waals surface area contributed by atoms with Gasteiger partial charge < -0.3 is 5.73 Å². The van der Waals surface area contributed by atoms with Crippen molar-refractivity contribution in [3.8, 4) is 0 Å². The zero-order chi connectivity index (χ0) is 13.2. The van der Waals surface area contributed by atoms with Crippen molar-refractivity contribution in [3.05, 3.63) is 34.9 Å². The average Bonchev–Trinajstić information content (AvgIpc) is 2.89. The Kier molecular flexibility index (Phi) is 3.93. The highest BCUT2D eigenvalue weighted by Gasteiger charge is 2.27. The molecule has 0 heterocycles. The number of aryl methyl sites for hydroxylation is 2. The third-order valence-corrected chi connectivity index (χ3v) is 5.39. The van der Waals surface area contributed by atoms with Crippen LogP contribution in [-0.4, -0.2) is 6.04 Å². The third kappa shape index (κ3) is 2.86. The standard InChI is InChI=1S/C18H27N/c1-2-13-7-9-18(19)17(10-13)12-14-6-8-15-4-3-5-16(15)11-14/h6,8,11,13,17-18H,2-5,7,9-10,12,19H2,1H3. The van der Waals surface area contributed by atoms with Gasteiger partial charge in [0.1, 0.15) is 0 Å². The summed E-state index contributed by atoms with van der Waals surface area (Å²) in [5.41, 5.74) is 11.1. The lowest BCUT2D eigenvalue weighted by Gasteiger charge is -2.34. The fourth-order valence-corrected chi connectivity index (χ4v) is 4.05. The molecule has 0 spiro atoms. The molecule has 2 aliphatic carbocycles. The van der Waals surface area contributed by atoms with Crippen LogP contribution >= 0.6 is 0 Å². The number of fused-ring (bicyclic) bond motifs is 1. The molecule has 0 aromatic heterocycles. The minimum Gasteiger partial charge on any atom is -0.327 e. The van der Waals surface area contributed by atoms with E-state index in [2.05, 4.69) is 25.1 Å². The van der Waals surface area contributed by atoms with E-state index in [4.69, 9.17) is 5.73 Å². The molecule has 1 heteroatoms. The summed E-state index contributed by atoms with van der Waals surface area (Å²) in [4.78, 5) is 0. The summed E-state index contributed by atoms with van der Waals surface area (Å²) in [5.74, 6) is 1.62. The Morgan fingerprint density at radius 3 is 2.84 bits per heavy atom. The zero-order valence-electron chi connectivity index (χ0n) is 12.2. The van der Waals surface area contributed by atoms with Gasteiger partial charge in [-0.05, 0) is 73.5 Å². The maximum absolute atomic E-state index is 6.36. The second-order valence-corrected chi connectivity index (χ2v) is 6.67. The van der Waals surface area contributed by atoms with E-state index in [0.29, 0.717) is 12.0 Å². The molecule has 0 saturated heterocycles. The minimum atomic E-state index is 0.427. The molecule has 19 heavy (non-hydrogen) atoms. The van der Waals surface area contributed by atoms with E-state index in [0.717, 1.165) is 5.92 Å². The number of rotatable bonds is 3. The van der Waals surface area contributed by atoms with E-state index in [1.54, 1.807) is 11.1 Å². The van der Waals surface area contributed by atoms with E-state index in [1.807, 2.05) is 0 Å². The van der Waals surface area contributed by atoms with Crippen LogP contribution in [-0.2, 0) is 19.3 Å². The van der Waals surface area contributed by atoms with Gasteiger partial charge in [-0.25, -0.2) is 0 Å². The molecule has 1 aromatic rings. The smallest absolute Gasteiger partial charge is 0.00705 e. The van der Waals surface area contributed by atoms with Crippen LogP contribution in [0, 0.1) is 11.8 Å². The molecule has 3 atom stereocenters. The third-order valence-electron chi connectivity index (χ3n) is 5.39. The maximum Gasteiger partial charge on any atom is 0.00705 e. The van der Waals surface area contributed by atoms with Crippen LogP contribution in [0.25, 0.3) is 0 Å². The first kappa shape index (κ1) is 13.2. The van der Waals surface area contributed by atoms with Gasteiger partial charge in [0.15, 0.2) is 0 Å². The van der Waals surface area contributed by atoms with Gasteiger partial charge in [-0.15, -0.1) is 0 Å². The molecule has 0 amide bonds. The lowest BCUT2D eigenvalue weighted by molar-refractivity contribution is 0.227. The van der Waals surface area contributed by atoms with Gasteiger partial charge in [-0.3, -0.25) is 0 Å². The van der Waals surface area contributed by atoms with E-state index in [1.165, 1.54) is 56.9 Å². The highest BCUT2D eigenvalue weighted by atomic mass is 14.7. The molecule has 2 aliphatic rings. The van der Waals surface area contributed by atoms with Crippen LogP contribution in [0.5, 0.6) is 0 Å². The first-order chi connectivity index (χ1) is 9.26. The van der Waals surface area contributed by atoms with Gasteiger partial charge in [-0.2, -0.15) is 0 Å². The van der Waals surface area contributed by atoms with Crippen molar-refractivity contribution in [2.75, 3.05) is 0 Å². The Morgan fingerprint density at radius 1 is 1.16 bits per heavy atom. The SMILES string of the molecule is CCC1CCC(N)C(Cc2ccc3c(c2)CCC3)C1. The molecule has 1 aromatic carbocycles. The number of hydrogen-bond donors (Lipinski definition) is 1. The van der Waals surface area contributed by atoms with Crippen LogP contribution in [0.2, 0.25) is 0 Å². The first-order valence-corrected chi connectivity index (χ1v) is 8.12. The van der Waals surface area contributed by atoms with Crippen LogP contribution in [0.4, 0.5) is 0 Å². The highest BCUT2D eigenvalue weighted by molar-refractivity contribution is 5.35. The van der Waals surface area contributed by atoms with Gasteiger partial charge in [0.2, 0.25) is 0 Å². The normalized spacial score (nSPS) is 30.3. The number of benzene rings is 1. The summed E-state index contributed by atoms with van der Waals surface area (Å²) in [6.07, 6.45) is 10.4. The first-order valence-electron chi connectivity index (χ1n) is 8.12. The quantitative estimate of drug-likeness (QED) is 0.874.